The molecule has 0 fully saturated rings. The Morgan fingerprint density at radius 2 is 2.00 bits per heavy atom. The summed E-state index contributed by atoms with van der Waals surface area (Å²) in [6.07, 6.45) is 5.45. The number of carbonyl (C=O) groups is 3. The van der Waals surface area contributed by atoms with Crippen molar-refractivity contribution in [3.05, 3.63) is 71.6 Å². The van der Waals surface area contributed by atoms with Crippen molar-refractivity contribution < 1.29 is 39.2 Å². The first-order valence-corrected chi connectivity index (χ1v) is 12.3. The molecule has 4 N–H and O–H groups in total. The Morgan fingerprint density at radius 3 is 2.74 bits per heavy atom. The van der Waals surface area contributed by atoms with Gasteiger partial charge in [-0.1, -0.05) is 25.2 Å². The van der Waals surface area contributed by atoms with Crippen molar-refractivity contribution >= 4 is 23.7 Å². The predicted molar refractivity (Wildman–Crippen MR) is 139 cm³/mol. The topological polar surface area (TPSA) is 155 Å². The smallest absolute Gasteiger partial charge is 0.342 e. The molecule has 1 aliphatic rings. The highest BCUT2D eigenvalue weighted by Crippen LogP contribution is 2.31. The number of nitrogens with one attached hydrogen (secondary N) is 1. The lowest BCUT2D eigenvalue weighted by atomic mass is 9.99. The van der Waals surface area contributed by atoms with Gasteiger partial charge in [0.15, 0.2) is 5.78 Å². The zero-order valence-corrected chi connectivity index (χ0v) is 21.2. The number of amides is 1. The molecule has 1 aliphatic heterocycles. The van der Waals surface area contributed by atoms with Gasteiger partial charge in [-0.3, -0.25) is 14.6 Å². The van der Waals surface area contributed by atoms with Crippen molar-refractivity contribution in [2.45, 2.75) is 45.0 Å². The van der Waals surface area contributed by atoms with Crippen LogP contribution in [0.2, 0.25) is 0 Å². The molecule has 3 rings (SSSR count). The number of pyridine rings is 1. The molecular formula is C28H32N2O8. The molecule has 2 heterocycles. The number of ketones is 1. The molecule has 4 atom stereocenters. The molecule has 1 aromatic heterocycles. The highest BCUT2D eigenvalue weighted by Gasteiger charge is 2.25. The molecule has 0 saturated carbocycles. The van der Waals surface area contributed by atoms with Gasteiger partial charge in [-0.15, -0.1) is 0 Å². The number of aliphatic hydroxyl groups is 2. The van der Waals surface area contributed by atoms with Gasteiger partial charge < -0.3 is 30.1 Å². The van der Waals surface area contributed by atoms with E-state index in [9.17, 15) is 29.7 Å². The average Bonchev–Trinajstić information content (AvgIpc) is 2.90. The number of rotatable bonds is 6. The number of hydrogen-bond donors (Lipinski definition) is 4. The Hall–Kier alpha value is -4.02. The van der Waals surface area contributed by atoms with Crippen LogP contribution in [0.15, 0.2) is 54.9 Å². The maximum absolute atomic E-state index is 12.9. The van der Waals surface area contributed by atoms with E-state index in [2.05, 4.69) is 10.3 Å². The second-order valence-corrected chi connectivity index (χ2v) is 8.99. The van der Waals surface area contributed by atoms with Crippen molar-refractivity contribution in [2.75, 3.05) is 13.2 Å². The van der Waals surface area contributed by atoms with Gasteiger partial charge in [0.25, 0.3) is 5.91 Å². The van der Waals surface area contributed by atoms with Crippen LogP contribution >= 0.6 is 0 Å². The molecule has 0 radical (unpaired) electrons. The van der Waals surface area contributed by atoms with E-state index in [1.807, 2.05) is 0 Å². The summed E-state index contributed by atoms with van der Waals surface area (Å²) in [6, 6.07) is 6.17. The van der Waals surface area contributed by atoms with Gasteiger partial charge in [0.1, 0.15) is 29.3 Å². The number of aromatic hydroxyl groups is 1. The van der Waals surface area contributed by atoms with Crippen LogP contribution < -0.4 is 10.1 Å². The van der Waals surface area contributed by atoms with Gasteiger partial charge in [-0.2, -0.15) is 0 Å². The number of nitrogens with zero attached hydrogens (tertiary/aromatic N) is 1. The Kier molecular flexibility index (Phi) is 10.1. The van der Waals surface area contributed by atoms with Crippen LogP contribution in [0.4, 0.5) is 0 Å². The lowest BCUT2D eigenvalue weighted by Gasteiger charge is -2.20. The number of esters is 1. The van der Waals surface area contributed by atoms with Crippen LogP contribution in [-0.4, -0.2) is 69.4 Å². The van der Waals surface area contributed by atoms with E-state index in [0.29, 0.717) is 18.5 Å². The second kappa shape index (κ2) is 13.5. The number of cyclic esters (lactones) is 1. The fourth-order valence-electron chi connectivity index (χ4n) is 3.61. The van der Waals surface area contributed by atoms with Gasteiger partial charge in [0, 0.05) is 30.9 Å². The van der Waals surface area contributed by atoms with Crippen molar-refractivity contribution in [2.24, 2.45) is 5.92 Å². The minimum atomic E-state index is -1.61. The molecule has 10 nitrogen and oxygen atoms in total. The van der Waals surface area contributed by atoms with Crippen molar-refractivity contribution in [3.63, 3.8) is 0 Å². The number of aliphatic hydroxyl groups excluding tert-OH is 2. The minimum Gasteiger partial charge on any atom is -0.507 e. The number of fused-ring (bicyclic) bond motifs is 1. The number of benzene rings is 1. The van der Waals surface area contributed by atoms with E-state index in [1.54, 1.807) is 32.2 Å². The molecule has 0 bridgehead atoms. The van der Waals surface area contributed by atoms with Crippen LogP contribution in [0.1, 0.15) is 53.0 Å². The third-order valence-electron chi connectivity index (χ3n) is 6.05. The van der Waals surface area contributed by atoms with Crippen molar-refractivity contribution in [1.29, 1.82) is 0 Å². The lowest BCUT2D eigenvalue weighted by molar-refractivity contribution is -0.127. The largest absolute Gasteiger partial charge is 0.507 e. The van der Waals surface area contributed by atoms with Crippen LogP contribution in [0, 0.1) is 5.92 Å². The number of hydrogen-bond acceptors (Lipinski definition) is 9. The molecule has 202 valence electrons. The molecular weight excluding hydrogens is 492 g/mol. The first-order chi connectivity index (χ1) is 18.2. The molecule has 0 saturated heterocycles. The Labute approximate surface area is 220 Å². The van der Waals surface area contributed by atoms with Crippen molar-refractivity contribution in [3.8, 4) is 11.5 Å². The minimum absolute atomic E-state index is 0.0797. The Morgan fingerprint density at radius 1 is 1.21 bits per heavy atom. The van der Waals surface area contributed by atoms with Crippen LogP contribution in [0.5, 0.6) is 11.5 Å². The van der Waals surface area contributed by atoms with Crippen LogP contribution in [-0.2, 0) is 9.53 Å². The normalized spacial score (nSPS) is 23.9. The number of ether oxygens (including phenoxy) is 2. The Balaban J connectivity index is 1.73. The standard InChI is InChI=1S/C28H32N2O8/c1-17-9-10-23(32)26(34)22(31)8-3-6-19-14-21(15-24(33)25(19)28(36)38-18(17)2)37-13-5-12-30-27(35)20-7-4-11-29-16-20/h3-4,6-7,9-11,14-18,22,26,31,33-34H,5,8,12-13H2,1-2H3,(H,30,35)/b6-3+,10-9-/t17-,18?,22?,26?/m1/s1. The zero-order valence-electron chi connectivity index (χ0n) is 21.2. The highest BCUT2D eigenvalue weighted by atomic mass is 16.5. The van der Waals surface area contributed by atoms with E-state index in [1.165, 1.54) is 36.6 Å². The number of carbonyl (C=O) groups excluding carboxylic acids is 3. The molecule has 0 spiro atoms. The summed E-state index contributed by atoms with van der Waals surface area (Å²) in [5.41, 5.74) is 0.642. The molecule has 1 amide bonds. The quantitative estimate of drug-likeness (QED) is 0.329. The number of phenolic OH excluding ortho intramolecular Hbond substituents is 1. The zero-order chi connectivity index (χ0) is 27.7. The summed E-state index contributed by atoms with van der Waals surface area (Å²) in [5.74, 6) is -2.12. The van der Waals surface area contributed by atoms with E-state index in [0.717, 1.165) is 6.08 Å². The molecule has 2 aromatic rings. The van der Waals surface area contributed by atoms with Gasteiger partial charge in [0.05, 0.1) is 18.3 Å². The molecule has 0 aliphatic carbocycles. The van der Waals surface area contributed by atoms with E-state index < -0.39 is 30.1 Å². The second-order valence-electron chi connectivity index (χ2n) is 8.99. The number of phenols is 1. The first-order valence-electron chi connectivity index (χ1n) is 12.3. The predicted octanol–water partition coefficient (Wildman–Crippen LogP) is 2.43. The SMILES string of the molecule is CC1OC(=O)c2c(O)cc(OCCCNC(=O)c3cccnc3)cc2/C=C/CC(O)C(O)C(=O)/C=C\[C@H]1C. The first kappa shape index (κ1) is 28.5. The Bertz CT molecular complexity index is 1190. The van der Waals surface area contributed by atoms with Crippen LogP contribution in [0.25, 0.3) is 6.08 Å². The van der Waals surface area contributed by atoms with Gasteiger partial charge >= 0.3 is 5.97 Å². The molecule has 3 unspecified atom stereocenters. The highest BCUT2D eigenvalue weighted by molar-refractivity contribution is 5.97. The fraction of sp³-hybridized carbons (Fsp3) is 0.357. The molecule has 38 heavy (non-hydrogen) atoms. The molecule has 10 heteroatoms. The maximum atomic E-state index is 12.9. The maximum Gasteiger partial charge on any atom is 0.342 e. The van der Waals surface area contributed by atoms with E-state index in [-0.39, 0.29) is 47.5 Å². The van der Waals surface area contributed by atoms with Gasteiger partial charge in [0.2, 0.25) is 0 Å². The van der Waals surface area contributed by atoms with E-state index >= 15 is 0 Å². The van der Waals surface area contributed by atoms with E-state index in [4.69, 9.17) is 9.47 Å². The summed E-state index contributed by atoms with van der Waals surface area (Å²) in [6.45, 7) is 3.94. The van der Waals surface area contributed by atoms with Gasteiger partial charge in [-0.05, 0) is 49.6 Å². The summed E-state index contributed by atoms with van der Waals surface area (Å²) in [4.78, 5) is 41.1. The van der Waals surface area contributed by atoms with Crippen LogP contribution in [0.3, 0.4) is 0 Å². The average molecular weight is 525 g/mol. The lowest BCUT2D eigenvalue weighted by Crippen LogP contribution is -2.32. The summed E-state index contributed by atoms with van der Waals surface area (Å²) < 4.78 is 11.2. The van der Waals surface area contributed by atoms with Gasteiger partial charge in [-0.25, -0.2) is 4.79 Å². The third-order valence-corrected chi connectivity index (χ3v) is 6.05. The fourth-order valence-corrected chi connectivity index (χ4v) is 3.61. The van der Waals surface area contributed by atoms with Crippen molar-refractivity contribution in [1.82, 2.24) is 10.3 Å². The molecule has 1 aromatic carbocycles. The number of aromatic nitrogens is 1. The third kappa shape index (κ3) is 7.74. The monoisotopic (exact) mass is 524 g/mol. The summed E-state index contributed by atoms with van der Waals surface area (Å²) in [5, 5.41) is 33.8. The summed E-state index contributed by atoms with van der Waals surface area (Å²) >= 11 is 0. The summed E-state index contributed by atoms with van der Waals surface area (Å²) in [7, 11) is 0.